The molecular formula is C16H20N6O. The maximum atomic E-state index is 12.0. The SMILES string of the molecule is CN(C)C(=O)c1cncc(N2Cc3cn(CC4CC4)nc3C2)n1. The van der Waals surface area contributed by atoms with Crippen molar-refractivity contribution in [3.05, 3.63) is 35.5 Å². The minimum Gasteiger partial charge on any atom is -0.345 e. The number of aromatic nitrogens is 4. The summed E-state index contributed by atoms with van der Waals surface area (Å²) in [6.45, 7) is 2.54. The van der Waals surface area contributed by atoms with Gasteiger partial charge >= 0.3 is 0 Å². The molecule has 0 N–H and O–H groups in total. The van der Waals surface area contributed by atoms with E-state index in [-0.39, 0.29) is 5.91 Å². The summed E-state index contributed by atoms with van der Waals surface area (Å²) in [6.07, 6.45) is 8.03. The number of fused-ring (bicyclic) bond motifs is 1. The topological polar surface area (TPSA) is 67.2 Å². The Morgan fingerprint density at radius 1 is 1.30 bits per heavy atom. The zero-order valence-corrected chi connectivity index (χ0v) is 13.4. The van der Waals surface area contributed by atoms with Crippen LogP contribution in [0, 0.1) is 5.92 Å². The second-order valence-corrected chi connectivity index (χ2v) is 6.58. The Bertz CT molecular complexity index is 725. The van der Waals surface area contributed by atoms with Gasteiger partial charge in [-0.25, -0.2) is 4.98 Å². The highest BCUT2D eigenvalue weighted by Gasteiger charge is 2.27. The number of anilines is 1. The molecule has 0 saturated heterocycles. The molecule has 1 saturated carbocycles. The van der Waals surface area contributed by atoms with E-state index in [9.17, 15) is 4.79 Å². The molecule has 2 aromatic heterocycles. The number of hydrogen-bond donors (Lipinski definition) is 0. The zero-order valence-electron chi connectivity index (χ0n) is 13.4. The number of carbonyl (C=O) groups is 1. The Morgan fingerprint density at radius 3 is 2.83 bits per heavy atom. The molecule has 120 valence electrons. The maximum Gasteiger partial charge on any atom is 0.273 e. The van der Waals surface area contributed by atoms with Gasteiger partial charge in [0.2, 0.25) is 0 Å². The Morgan fingerprint density at radius 2 is 2.13 bits per heavy atom. The van der Waals surface area contributed by atoms with Crippen molar-refractivity contribution in [2.75, 3.05) is 19.0 Å². The quantitative estimate of drug-likeness (QED) is 0.851. The molecule has 0 spiro atoms. The van der Waals surface area contributed by atoms with Crippen LogP contribution in [0.3, 0.4) is 0 Å². The average Bonchev–Trinajstić information content (AvgIpc) is 3.13. The summed E-state index contributed by atoms with van der Waals surface area (Å²) in [6, 6.07) is 0. The van der Waals surface area contributed by atoms with Crippen LogP contribution in [0.1, 0.15) is 34.6 Å². The summed E-state index contributed by atoms with van der Waals surface area (Å²) in [5.41, 5.74) is 2.73. The molecule has 0 radical (unpaired) electrons. The van der Waals surface area contributed by atoms with E-state index in [0.29, 0.717) is 5.69 Å². The highest BCUT2D eigenvalue weighted by Crippen LogP contribution is 2.32. The monoisotopic (exact) mass is 312 g/mol. The first-order valence-electron chi connectivity index (χ1n) is 7.94. The van der Waals surface area contributed by atoms with E-state index in [4.69, 9.17) is 0 Å². The third-order valence-corrected chi connectivity index (χ3v) is 4.34. The number of carbonyl (C=O) groups excluding carboxylic acids is 1. The minimum absolute atomic E-state index is 0.133. The summed E-state index contributed by atoms with van der Waals surface area (Å²) in [4.78, 5) is 24.3. The lowest BCUT2D eigenvalue weighted by atomic mass is 10.3. The van der Waals surface area contributed by atoms with Gasteiger partial charge in [0.25, 0.3) is 5.91 Å². The second kappa shape index (κ2) is 5.33. The first-order chi connectivity index (χ1) is 11.1. The van der Waals surface area contributed by atoms with E-state index < -0.39 is 0 Å². The van der Waals surface area contributed by atoms with Crippen LogP contribution in [0.5, 0.6) is 0 Å². The molecule has 0 bridgehead atoms. The van der Waals surface area contributed by atoms with Crippen molar-refractivity contribution in [2.45, 2.75) is 32.5 Å². The lowest BCUT2D eigenvalue weighted by molar-refractivity contribution is 0.0821. The fraction of sp³-hybridized carbons (Fsp3) is 0.500. The maximum absolute atomic E-state index is 12.0. The average molecular weight is 312 g/mol. The lowest BCUT2D eigenvalue weighted by Gasteiger charge is -2.17. The third kappa shape index (κ3) is 2.78. The molecule has 23 heavy (non-hydrogen) atoms. The van der Waals surface area contributed by atoms with Crippen molar-refractivity contribution in [3.8, 4) is 0 Å². The molecular weight excluding hydrogens is 292 g/mol. The molecule has 1 fully saturated rings. The second-order valence-electron chi connectivity index (χ2n) is 6.58. The van der Waals surface area contributed by atoms with E-state index in [0.717, 1.165) is 37.1 Å². The molecule has 0 aromatic carbocycles. The first-order valence-corrected chi connectivity index (χ1v) is 7.94. The third-order valence-electron chi connectivity index (χ3n) is 4.34. The molecule has 1 aliphatic heterocycles. The predicted octanol–water partition coefficient (Wildman–Crippen LogP) is 1.31. The predicted molar refractivity (Wildman–Crippen MR) is 84.9 cm³/mol. The van der Waals surface area contributed by atoms with Crippen LogP contribution in [0.4, 0.5) is 5.82 Å². The Labute approximate surface area is 134 Å². The Hall–Kier alpha value is -2.44. The van der Waals surface area contributed by atoms with Gasteiger partial charge in [-0.2, -0.15) is 5.10 Å². The number of nitrogens with zero attached hydrogens (tertiary/aromatic N) is 6. The molecule has 7 heteroatoms. The number of amides is 1. The van der Waals surface area contributed by atoms with Gasteiger partial charge < -0.3 is 9.80 Å². The van der Waals surface area contributed by atoms with Crippen LogP contribution in [-0.2, 0) is 19.6 Å². The molecule has 2 aromatic rings. The van der Waals surface area contributed by atoms with Gasteiger partial charge in [0.15, 0.2) is 0 Å². The van der Waals surface area contributed by atoms with Gasteiger partial charge in [0.1, 0.15) is 11.5 Å². The Kier molecular flexibility index (Phi) is 3.28. The zero-order chi connectivity index (χ0) is 16.0. The van der Waals surface area contributed by atoms with Gasteiger partial charge in [-0.1, -0.05) is 0 Å². The molecule has 2 aliphatic rings. The smallest absolute Gasteiger partial charge is 0.273 e. The van der Waals surface area contributed by atoms with E-state index in [1.807, 2.05) is 0 Å². The summed E-state index contributed by atoms with van der Waals surface area (Å²) < 4.78 is 2.08. The van der Waals surface area contributed by atoms with E-state index in [1.165, 1.54) is 29.5 Å². The summed E-state index contributed by atoms with van der Waals surface area (Å²) >= 11 is 0. The summed E-state index contributed by atoms with van der Waals surface area (Å²) in [7, 11) is 3.43. The Balaban J connectivity index is 1.50. The van der Waals surface area contributed by atoms with Crippen LogP contribution in [-0.4, -0.2) is 44.7 Å². The van der Waals surface area contributed by atoms with Crippen molar-refractivity contribution in [1.82, 2.24) is 24.6 Å². The van der Waals surface area contributed by atoms with Gasteiger partial charge in [-0.3, -0.25) is 14.5 Å². The van der Waals surface area contributed by atoms with Crippen LogP contribution >= 0.6 is 0 Å². The fourth-order valence-electron chi connectivity index (χ4n) is 2.87. The fourth-order valence-corrected chi connectivity index (χ4v) is 2.87. The highest BCUT2D eigenvalue weighted by atomic mass is 16.2. The van der Waals surface area contributed by atoms with Crippen LogP contribution in [0.15, 0.2) is 18.6 Å². The van der Waals surface area contributed by atoms with E-state index in [2.05, 4.69) is 30.8 Å². The van der Waals surface area contributed by atoms with Crippen molar-refractivity contribution in [2.24, 2.45) is 5.92 Å². The van der Waals surface area contributed by atoms with Crippen LogP contribution in [0.25, 0.3) is 0 Å². The largest absolute Gasteiger partial charge is 0.345 e. The summed E-state index contributed by atoms with van der Waals surface area (Å²) in [5, 5.41) is 4.68. The van der Waals surface area contributed by atoms with Crippen molar-refractivity contribution in [1.29, 1.82) is 0 Å². The summed E-state index contributed by atoms with van der Waals surface area (Å²) in [5.74, 6) is 1.42. The van der Waals surface area contributed by atoms with Crippen LogP contribution in [0.2, 0.25) is 0 Å². The normalized spacial score (nSPS) is 16.5. The standard InChI is InChI=1S/C16H20N6O/c1-20(2)16(23)13-5-17-6-15(18-13)21-8-12-9-22(7-11-3-4-11)19-14(12)10-21/h5-6,9,11H,3-4,7-8,10H2,1-2H3. The number of rotatable bonds is 4. The molecule has 0 atom stereocenters. The first kappa shape index (κ1) is 14.2. The molecule has 0 unspecified atom stereocenters. The van der Waals surface area contributed by atoms with Crippen molar-refractivity contribution >= 4 is 11.7 Å². The van der Waals surface area contributed by atoms with Gasteiger partial charge in [-0.15, -0.1) is 0 Å². The van der Waals surface area contributed by atoms with Crippen molar-refractivity contribution in [3.63, 3.8) is 0 Å². The van der Waals surface area contributed by atoms with Gasteiger partial charge in [0.05, 0.1) is 24.6 Å². The van der Waals surface area contributed by atoms with E-state index >= 15 is 0 Å². The van der Waals surface area contributed by atoms with Gasteiger partial charge in [-0.05, 0) is 18.8 Å². The molecule has 1 aliphatic carbocycles. The molecule has 3 heterocycles. The van der Waals surface area contributed by atoms with E-state index in [1.54, 1.807) is 20.3 Å². The highest BCUT2D eigenvalue weighted by molar-refractivity contribution is 5.91. The van der Waals surface area contributed by atoms with Crippen LogP contribution < -0.4 is 4.90 Å². The lowest BCUT2D eigenvalue weighted by Crippen LogP contribution is -2.24. The molecule has 7 nitrogen and oxygen atoms in total. The number of hydrogen-bond acceptors (Lipinski definition) is 5. The molecule has 1 amide bonds. The van der Waals surface area contributed by atoms with Crippen molar-refractivity contribution < 1.29 is 4.79 Å². The minimum atomic E-state index is -0.133. The molecule has 4 rings (SSSR count). The van der Waals surface area contributed by atoms with Gasteiger partial charge in [0, 0.05) is 38.9 Å².